The fraction of sp³-hybridized carbons (Fsp3) is 0. The molecular weight excluding hydrogens is 673 g/mol. The maximum absolute atomic E-state index is 5.67. The second kappa shape index (κ2) is 13.8. The molecule has 0 saturated heterocycles. The van der Waals surface area contributed by atoms with Gasteiger partial charge in [0.2, 0.25) is 5.82 Å². The van der Waals surface area contributed by atoms with Crippen LogP contribution >= 0.6 is 0 Å². The van der Waals surface area contributed by atoms with E-state index in [4.69, 9.17) is 4.52 Å². The molecule has 5 nitrogen and oxygen atoms in total. The highest BCUT2D eigenvalue weighted by atomic mass is 16.5. The van der Waals surface area contributed by atoms with Crippen LogP contribution in [0.1, 0.15) is 0 Å². The molecule has 0 atom stereocenters. The summed E-state index contributed by atoms with van der Waals surface area (Å²) in [5.74, 6) is 1.06. The standard InChI is InChI=1S/C50H34N4O/c1-5-13-35(14-6-1)39-23-31-47-45(33-39)46-34-40(36-15-7-2-8-16-36)24-32-48(46)54(47)44-29-27-43(28-30-44)53(41-19-11-4-12-20-41)42-25-21-38(22-26-42)50-51-49(52-55-50)37-17-9-3-10-18-37/h1-34H. The van der Waals surface area contributed by atoms with E-state index in [1.165, 1.54) is 44.1 Å². The highest BCUT2D eigenvalue weighted by Crippen LogP contribution is 2.39. The van der Waals surface area contributed by atoms with Gasteiger partial charge >= 0.3 is 0 Å². The summed E-state index contributed by atoms with van der Waals surface area (Å²) in [6.07, 6.45) is 0. The van der Waals surface area contributed by atoms with Gasteiger partial charge in [-0.05, 0) is 107 Å². The first-order chi connectivity index (χ1) is 27.3. The fourth-order valence-corrected chi connectivity index (χ4v) is 7.50. The van der Waals surface area contributed by atoms with Gasteiger partial charge in [0.05, 0.1) is 11.0 Å². The number of rotatable bonds is 8. The normalized spacial score (nSPS) is 11.3. The molecule has 0 N–H and O–H groups in total. The van der Waals surface area contributed by atoms with Crippen molar-refractivity contribution in [1.82, 2.24) is 14.7 Å². The van der Waals surface area contributed by atoms with Crippen LogP contribution < -0.4 is 4.90 Å². The molecule has 0 unspecified atom stereocenters. The first-order valence-electron chi connectivity index (χ1n) is 18.4. The van der Waals surface area contributed by atoms with Crippen LogP contribution in [0.15, 0.2) is 211 Å². The minimum absolute atomic E-state index is 0.485. The van der Waals surface area contributed by atoms with E-state index in [9.17, 15) is 0 Å². The van der Waals surface area contributed by atoms with Gasteiger partial charge in [0.15, 0.2) is 0 Å². The van der Waals surface area contributed by atoms with Crippen LogP contribution in [-0.2, 0) is 0 Å². The van der Waals surface area contributed by atoms with Gasteiger partial charge in [0.1, 0.15) is 0 Å². The Labute approximate surface area is 319 Å². The molecule has 10 aromatic rings. The van der Waals surface area contributed by atoms with Crippen LogP contribution in [0, 0.1) is 0 Å². The highest BCUT2D eigenvalue weighted by Gasteiger charge is 2.18. The number of aromatic nitrogens is 3. The number of fused-ring (bicyclic) bond motifs is 3. The molecular formula is C50H34N4O. The summed E-state index contributed by atoms with van der Waals surface area (Å²) in [5.41, 5.74) is 13.1. The zero-order valence-corrected chi connectivity index (χ0v) is 29.8. The minimum atomic E-state index is 0.485. The van der Waals surface area contributed by atoms with Crippen molar-refractivity contribution >= 4 is 38.9 Å². The lowest BCUT2D eigenvalue weighted by atomic mass is 10.0. The van der Waals surface area contributed by atoms with Gasteiger partial charge in [0.25, 0.3) is 5.89 Å². The van der Waals surface area contributed by atoms with E-state index in [2.05, 4.69) is 177 Å². The molecule has 0 aliphatic heterocycles. The molecule has 8 aromatic carbocycles. The van der Waals surface area contributed by atoms with E-state index < -0.39 is 0 Å². The number of hydrogen-bond donors (Lipinski definition) is 0. The first kappa shape index (κ1) is 32.2. The fourth-order valence-electron chi connectivity index (χ4n) is 7.50. The average molecular weight is 707 g/mol. The van der Waals surface area contributed by atoms with Gasteiger partial charge in [-0.3, -0.25) is 0 Å². The molecule has 0 fully saturated rings. The van der Waals surface area contributed by atoms with Crippen molar-refractivity contribution in [3.8, 4) is 50.8 Å². The Morgan fingerprint density at radius 1 is 0.382 bits per heavy atom. The summed E-state index contributed by atoms with van der Waals surface area (Å²) >= 11 is 0. The SMILES string of the molecule is c1ccc(-c2ccc3c(c2)c2cc(-c4ccccc4)ccc2n3-c2ccc(N(c3ccccc3)c3ccc(-c4nc(-c5ccccc5)no4)cc3)cc2)cc1. The smallest absolute Gasteiger partial charge is 0.258 e. The van der Waals surface area contributed by atoms with E-state index in [1.807, 2.05) is 48.5 Å². The van der Waals surface area contributed by atoms with Crippen molar-refractivity contribution in [2.45, 2.75) is 0 Å². The minimum Gasteiger partial charge on any atom is -0.334 e. The summed E-state index contributed by atoms with van der Waals surface area (Å²) in [5, 5.41) is 6.67. The Morgan fingerprint density at radius 3 is 1.35 bits per heavy atom. The summed E-state index contributed by atoms with van der Waals surface area (Å²) in [7, 11) is 0. The molecule has 0 amide bonds. The molecule has 0 aliphatic carbocycles. The van der Waals surface area contributed by atoms with E-state index in [0.717, 1.165) is 33.9 Å². The summed E-state index contributed by atoms with van der Waals surface area (Å²) < 4.78 is 8.05. The van der Waals surface area contributed by atoms with E-state index in [0.29, 0.717) is 11.7 Å². The maximum atomic E-state index is 5.67. The molecule has 0 spiro atoms. The predicted molar refractivity (Wildman–Crippen MR) is 225 cm³/mol. The quantitative estimate of drug-likeness (QED) is 0.158. The second-order valence-corrected chi connectivity index (χ2v) is 13.6. The van der Waals surface area contributed by atoms with Gasteiger partial charge in [0, 0.05) is 44.6 Å². The van der Waals surface area contributed by atoms with Crippen molar-refractivity contribution in [3.05, 3.63) is 206 Å². The first-order valence-corrected chi connectivity index (χ1v) is 18.4. The van der Waals surface area contributed by atoms with Crippen molar-refractivity contribution in [2.75, 3.05) is 4.90 Å². The Bertz CT molecular complexity index is 2790. The largest absolute Gasteiger partial charge is 0.334 e. The Balaban J connectivity index is 1.04. The molecule has 0 saturated carbocycles. The Kier molecular flexibility index (Phi) is 8.08. The third-order valence-electron chi connectivity index (χ3n) is 10.2. The monoisotopic (exact) mass is 706 g/mol. The van der Waals surface area contributed by atoms with E-state index in [1.54, 1.807) is 0 Å². The molecule has 260 valence electrons. The highest BCUT2D eigenvalue weighted by molar-refractivity contribution is 6.11. The lowest BCUT2D eigenvalue weighted by Crippen LogP contribution is -2.10. The molecule has 55 heavy (non-hydrogen) atoms. The van der Waals surface area contributed by atoms with Gasteiger partial charge < -0.3 is 14.0 Å². The topological polar surface area (TPSA) is 47.1 Å². The van der Waals surface area contributed by atoms with Gasteiger partial charge in [-0.25, -0.2) is 0 Å². The summed E-state index contributed by atoms with van der Waals surface area (Å²) in [6.45, 7) is 0. The number of para-hydroxylation sites is 1. The molecule has 0 aliphatic rings. The molecule has 0 bridgehead atoms. The number of hydrogen-bond acceptors (Lipinski definition) is 4. The second-order valence-electron chi connectivity index (χ2n) is 13.6. The summed E-state index contributed by atoms with van der Waals surface area (Å²) in [6, 6.07) is 72.3. The number of benzene rings is 8. The van der Waals surface area contributed by atoms with Crippen molar-refractivity contribution < 1.29 is 4.52 Å². The lowest BCUT2D eigenvalue weighted by molar-refractivity contribution is 0.432. The maximum Gasteiger partial charge on any atom is 0.258 e. The van der Waals surface area contributed by atoms with Crippen LogP contribution in [0.2, 0.25) is 0 Å². The van der Waals surface area contributed by atoms with E-state index in [-0.39, 0.29) is 0 Å². The number of anilines is 3. The summed E-state index contributed by atoms with van der Waals surface area (Å²) in [4.78, 5) is 6.93. The molecule has 0 radical (unpaired) electrons. The van der Waals surface area contributed by atoms with Crippen LogP contribution in [0.5, 0.6) is 0 Å². The van der Waals surface area contributed by atoms with Crippen LogP contribution in [0.3, 0.4) is 0 Å². The van der Waals surface area contributed by atoms with Crippen LogP contribution in [-0.4, -0.2) is 14.7 Å². The van der Waals surface area contributed by atoms with Gasteiger partial charge in [-0.2, -0.15) is 4.98 Å². The average Bonchev–Trinajstić information content (AvgIpc) is 3.89. The molecule has 5 heteroatoms. The third kappa shape index (κ3) is 6.04. The van der Waals surface area contributed by atoms with E-state index >= 15 is 0 Å². The van der Waals surface area contributed by atoms with Gasteiger partial charge in [-0.15, -0.1) is 0 Å². The van der Waals surface area contributed by atoms with Crippen LogP contribution in [0.25, 0.3) is 72.6 Å². The molecule has 10 rings (SSSR count). The zero-order valence-electron chi connectivity index (χ0n) is 29.8. The van der Waals surface area contributed by atoms with Crippen molar-refractivity contribution in [3.63, 3.8) is 0 Å². The molecule has 2 aromatic heterocycles. The Morgan fingerprint density at radius 2 is 0.818 bits per heavy atom. The molecule has 2 heterocycles. The predicted octanol–water partition coefficient (Wildman–Crippen LogP) is 13.3. The number of nitrogens with zero attached hydrogens (tertiary/aromatic N) is 4. The third-order valence-corrected chi connectivity index (χ3v) is 10.2. The Hall–Kier alpha value is -7.50. The lowest BCUT2D eigenvalue weighted by Gasteiger charge is -2.26. The van der Waals surface area contributed by atoms with Crippen molar-refractivity contribution in [2.24, 2.45) is 0 Å². The zero-order chi connectivity index (χ0) is 36.6. The van der Waals surface area contributed by atoms with Crippen molar-refractivity contribution in [1.29, 1.82) is 0 Å². The van der Waals surface area contributed by atoms with Gasteiger partial charge in [-0.1, -0.05) is 126 Å². The van der Waals surface area contributed by atoms with Crippen LogP contribution in [0.4, 0.5) is 17.1 Å².